The van der Waals surface area contributed by atoms with Crippen LogP contribution in [0.5, 0.6) is 0 Å². The summed E-state index contributed by atoms with van der Waals surface area (Å²) in [4.78, 5) is 21.2. The molecule has 1 aromatic carbocycles. The molecule has 0 aliphatic carbocycles. The van der Waals surface area contributed by atoms with Crippen LogP contribution in [-0.2, 0) is 0 Å². The van der Waals surface area contributed by atoms with E-state index in [1.54, 1.807) is 18.3 Å². The van der Waals surface area contributed by atoms with Gasteiger partial charge in [0.15, 0.2) is 0 Å². The van der Waals surface area contributed by atoms with E-state index >= 15 is 0 Å². The van der Waals surface area contributed by atoms with Crippen molar-refractivity contribution in [3.63, 3.8) is 0 Å². The first kappa shape index (κ1) is 17.4. The summed E-state index contributed by atoms with van der Waals surface area (Å²) in [5.41, 5.74) is 1.76. The zero-order chi connectivity index (χ0) is 17.1. The summed E-state index contributed by atoms with van der Waals surface area (Å²) in [5, 5.41) is 0.495. The summed E-state index contributed by atoms with van der Waals surface area (Å²) in [6, 6.07) is 9.73. The van der Waals surface area contributed by atoms with Crippen LogP contribution >= 0.6 is 27.5 Å². The van der Waals surface area contributed by atoms with Crippen LogP contribution in [0, 0.1) is 0 Å². The smallest absolute Gasteiger partial charge is 0.255 e. The van der Waals surface area contributed by atoms with Crippen molar-refractivity contribution in [2.75, 3.05) is 26.2 Å². The first-order valence-corrected chi connectivity index (χ1v) is 9.11. The van der Waals surface area contributed by atoms with Crippen LogP contribution in [0.3, 0.4) is 0 Å². The highest BCUT2D eigenvalue weighted by molar-refractivity contribution is 9.10. The van der Waals surface area contributed by atoms with E-state index in [1.165, 1.54) is 5.56 Å². The fraction of sp³-hybridized carbons (Fsp3) is 0.333. The maximum atomic E-state index is 12.7. The second kappa shape index (κ2) is 7.64. The summed E-state index contributed by atoms with van der Waals surface area (Å²) in [6.45, 7) is 5.26. The standard InChI is InChI=1S/C18H19BrClN3O/c1-13(14-3-2-6-21-12-14)22-7-9-23(10-8-22)18(24)16-11-15(19)4-5-17(16)20/h2-6,11-13H,7-10H2,1H3. The highest BCUT2D eigenvalue weighted by Crippen LogP contribution is 2.25. The topological polar surface area (TPSA) is 36.4 Å². The molecule has 126 valence electrons. The van der Waals surface area contributed by atoms with Crippen LogP contribution in [0.25, 0.3) is 0 Å². The Kier molecular flexibility index (Phi) is 5.54. The Morgan fingerprint density at radius 1 is 1.25 bits per heavy atom. The summed E-state index contributed by atoms with van der Waals surface area (Å²) in [5.74, 6) is -0.00465. The molecule has 24 heavy (non-hydrogen) atoms. The average Bonchev–Trinajstić information content (AvgIpc) is 2.63. The molecule has 2 aromatic rings. The second-order valence-electron chi connectivity index (χ2n) is 5.91. The van der Waals surface area contributed by atoms with Gasteiger partial charge in [-0.1, -0.05) is 33.6 Å². The van der Waals surface area contributed by atoms with Crippen molar-refractivity contribution in [3.8, 4) is 0 Å². The predicted molar refractivity (Wildman–Crippen MR) is 99.3 cm³/mol. The molecule has 0 saturated carbocycles. The summed E-state index contributed by atoms with van der Waals surface area (Å²) >= 11 is 9.58. The Labute approximate surface area is 155 Å². The van der Waals surface area contributed by atoms with Gasteiger partial charge in [-0.3, -0.25) is 14.7 Å². The van der Waals surface area contributed by atoms with Crippen molar-refractivity contribution in [2.45, 2.75) is 13.0 Å². The SMILES string of the molecule is CC(c1cccnc1)N1CCN(C(=O)c2cc(Br)ccc2Cl)CC1. The summed E-state index contributed by atoms with van der Waals surface area (Å²) in [7, 11) is 0. The fourth-order valence-electron chi connectivity index (χ4n) is 2.98. The molecular weight excluding hydrogens is 390 g/mol. The number of hydrogen-bond acceptors (Lipinski definition) is 3. The molecule has 6 heteroatoms. The van der Waals surface area contributed by atoms with Gasteiger partial charge in [-0.05, 0) is 36.8 Å². The molecule has 1 saturated heterocycles. The van der Waals surface area contributed by atoms with E-state index in [0.717, 1.165) is 17.6 Å². The minimum Gasteiger partial charge on any atom is -0.336 e. The number of nitrogens with zero attached hydrogens (tertiary/aromatic N) is 3. The Balaban J connectivity index is 1.64. The quantitative estimate of drug-likeness (QED) is 0.770. The Bertz CT molecular complexity index is 717. The lowest BCUT2D eigenvalue weighted by molar-refractivity contribution is 0.0582. The van der Waals surface area contributed by atoms with Gasteiger partial charge >= 0.3 is 0 Å². The third kappa shape index (κ3) is 3.79. The number of pyridine rings is 1. The number of halogens is 2. The van der Waals surface area contributed by atoms with E-state index in [9.17, 15) is 4.79 Å². The van der Waals surface area contributed by atoms with Gasteiger partial charge in [0.05, 0.1) is 10.6 Å². The van der Waals surface area contributed by atoms with Gasteiger partial charge in [0.2, 0.25) is 0 Å². The second-order valence-corrected chi connectivity index (χ2v) is 7.24. The van der Waals surface area contributed by atoms with Crippen LogP contribution in [0.1, 0.15) is 28.9 Å². The van der Waals surface area contributed by atoms with Gasteiger partial charge < -0.3 is 4.90 Å². The molecular formula is C18H19BrClN3O. The van der Waals surface area contributed by atoms with Crippen LogP contribution < -0.4 is 0 Å². The van der Waals surface area contributed by atoms with Crippen molar-refractivity contribution in [2.24, 2.45) is 0 Å². The van der Waals surface area contributed by atoms with Gasteiger partial charge in [-0.25, -0.2) is 0 Å². The highest BCUT2D eigenvalue weighted by Gasteiger charge is 2.26. The lowest BCUT2D eigenvalue weighted by atomic mass is 10.1. The van der Waals surface area contributed by atoms with E-state index in [2.05, 4.69) is 38.8 Å². The predicted octanol–water partition coefficient (Wildman–Crippen LogP) is 4.02. The Morgan fingerprint density at radius 3 is 2.67 bits per heavy atom. The van der Waals surface area contributed by atoms with Crippen molar-refractivity contribution in [1.29, 1.82) is 0 Å². The van der Waals surface area contributed by atoms with Crippen LogP contribution in [-0.4, -0.2) is 46.9 Å². The number of aromatic nitrogens is 1. The van der Waals surface area contributed by atoms with Gasteiger partial charge in [0.1, 0.15) is 0 Å². The number of hydrogen-bond donors (Lipinski definition) is 0. The van der Waals surface area contributed by atoms with E-state index in [0.29, 0.717) is 29.7 Å². The molecule has 1 aliphatic heterocycles. The van der Waals surface area contributed by atoms with Gasteiger partial charge in [-0.2, -0.15) is 0 Å². The van der Waals surface area contributed by atoms with E-state index < -0.39 is 0 Å². The Morgan fingerprint density at radius 2 is 2.00 bits per heavy atom. The van der Waals surface area contributed by atoms with Crippen molar-refractivity contribution < 1.29 is 4.79 Å². The van der Waals surface area contributed by atoms with Crippen molar-refractivity contribution >= 4 is 33.4 Å². The number of rotatable bonds is 3. The average molecular weight is 409 g/mol. The molecule has 0 N–H and O–H groups in total. The molecule has 0 spiro atoms. The summed E-state index contributed by atoms with van der Waals surface area (Å²) < 4.78 is 0.860. The Hall–Kier alpha value is -1.43. The zero-order valence-electron chi connectivity index (χ0n) is 13.5. The lowest BCUT2D eigenvalue weighted by Crippen LogP contribution is -2.49. The van der Waals surface area contributed by atoms with E-state index in [-0.39, 0.29) is 5.91 Å². The minimum atomic E-state index is -0.00465. The molecule has 0 radical (unpaired) electrons. The maximum absolute atomic E-state index is 12.7. The molecule has 0 bridgehead atoms. The summed E-state index contributed by atoms with van der Waals surface area (Å²) in [6.07, 6.45) is 3.69. The molecule has 1 amide bonds. The van der Waals surface area contributed by atoms with Crippen molar-refractivity contribution in [3.05, 3.63) is 63.3 Å². The number of piperazine rings is 1. The third-order valence-corrected chi connectivity index (χ3v) is 5.30. The highest BCUT2D eigenvalue weighted by atomic mass is 79.9. The molecule has 1 aliphatic rings. The normalized spacial score (nSPS) is 16.9. The van der Waals surface area contributed by atoms with E-state index in [1.807, 2.05) is 23.2 Å². The third-order valence-electron chi connectivity index (χ3n) is 4.47. The number of carbonyl (C=O) groups excluding carboxylic acids is 1. The van der Waals surface area contributed by atoms with Gasteiger partial charge in [-0.15, -0.1) is 0 Å². The molecule has 3 rings (SSSR count). The zero-order valence-corrected chi connectivity index (χ0v) is 15.8. The minimum absolute atomic E-state index is 0.00465. The number of benzene rings is 1. The number of amides is 1. The van der Waals surface area contributed by atoms with Crippen LogP contribution in [0.2, 0.25) is 5.02 Å². The van der Waals surface area contributed by atoms with Crippen LogP contribution in [0.4, 0.5) is 0 Å². The van der Waals surface area contributed by atoms with Crippen molar-refractivity contribution in [1.82, 2.24) is 14.8 Å². The molecule has 2 heterocycles. The largest absolute Gasteiger partial charge is 0.336 e. The molecule has 1 atom stereocenters. The van der Waals surface area contributed by atoms with Gasteiger partial charge in [0, 0.05) is 49.1 Å². The fourth-order valence-corrected chi connectivity index (χ4v) is 3.54. The molecule has 1 unspecified atom stereocenters. The molecule has 1 fully saturated rings. The molecule has 1 aromatic heterocycles. The monoisotopic (exact) mass is 407 g/mol. The first-order chi connectivity index (χ1) is 11.6. The molecule has 4 nitrogen and oxygen atoms in total. The lowest BCUT2D eigenvalue weighted by Gasteiger charge is -2.38. The number of carbonyl (C=O) groups is 1. The van der Waals surface area contributed by atoms with E-state index in [4.69, 9.17) is 11.6 Å². The first-order valence-electron chi connectivity index (χ1n) is 7.94. The van der Waals surface area contributed by atoms with Gasteiger partial charge in [0.25, 0.3) is 5.91 Å². The van der Waals surface area contributed by atoms with Crippen LogP contribution in [0.15, 0.2) is 47.2 Å². The maximum Gasteiger partial charge on any atom is 0.255 e.